The lowest BCUT2D eigenvalue weighted by Gasteiger charge is -2.21. The van der Waals surface area contributed by atoms with Crippen LogP contribution in [0.4, 0.5) is 0 Å². The SMILES string of the molecule is CCOC(=O)c1ccc(/C=N\NC(=O)[C@@H](Cc2ccccc2)NC(=O)[C@@H](C)Oc2ccc(Cl)cc2Cl)cc1. The summed E-state index contributed by atoms with van der Waals surface area (Å²) in [6.45, 7) is 3.57. The molecule has 0 heterocycles. The highest BCUT2D eigenvalue weighted by molar-refractivity contribution is 6.35. The molecule has 0 saturated carbocycles. The summed E-state index contributed by atoms with van der Waals surface area (Å²) in [6, 6.07) is 19.6. The Morgan fingerprint density at radius 1 is 0.974 bits per heavy atom. The van der Waals surface area contributed by atoms with Crippen LogP contribution in [0.2, 0.25) is 10.0 Å². The van der Waals surface area contributed by atoms with Gasteiger partial charge in [-0.3, -0.25) is 9.59 Å². The van der Waals surface area contributed by atoms with Crippen molar-refractivity contribution < 1.29 is 23.9 Å². The lowest BCUT2D eigenvalue weighted by molar-refractivity contribution is -0.132. The van der Waals surface area contributed by atoms with E-state index in [-0.39, 0.29) is 18.1 Å². The first kappa shape index (κ1) is 28.7. The van der Waals surface area contributed by atoms with E-state index in [2.05, 4.69) is 15.8 Å². The minimum Gasteiger partial charge on any atom is -0.479 e. The average molecular weight is 556 g/mol. The van der Waals surface area contributed by atoms with Crippen molar-refractivity contribution in [2.75, 3.05) is 6.61 Å². The normalized spacial score (nSPS) is 12.4. The molecule has 0 aromatic heterocycles. The number of amides is 2. The largest absolute Gasteiger partial charge is 0.479 e. The van der Waals surface area contributed by atoms with Crippen LogP contribution in [0.1, 0.15) is 35.3 Å². The minimum atomic E-state index is -0.943. The summed E-state index contributed by atoms with van der Waals surface area (Å²) in [5, 5.41) is 7.43. The number of benzene rings is 3. The predicted molar refractivity (Wildman–Crippen MR) is 147 cm³/mol. The fourth-order valence-electron chi connectivity index (χ4n) is 3.33. The number of hydrogen-bond donors (Lipinski definition) is 2. The van der Waals surface area contributed by atoms with Gasteiger partial charge in [0.2, 0.25) is 0 Å². The smallest absolute Gasteiger partial charge is 0.338 e. The fraction of sp³-hybridized carbons (Fsp3) is 0.214. The summed E-state index contributed by atoms with van der Waals surface area (Å²) in [4.78, 5) is 37.7. The molecule has 0 aliphatic carbocycles. The molecule has 8 nitrogen and oxygen atoms in total. The minimum absolute atomic E-state index is 0.233. The predicted octanol–water partition coefficient (Wildman–Crippen LogP) is 4.82. The van der Waals surface area contributed by atoms with Crippen molar-refractivity contribution >= 4 is 47.2 Å². The van der Waals surface area contributed by atoms with Crippen molar-refractivity contribution in [1.82, 2.24) is 10.7 Å². The van der Waals surface area contributed by atoms with Gasteiger partial charge in [0.1, 0.15) is 11.8 Å². The van der Waals surface area contributed by atoms with E-state index < -0.39 is 29.9 Å². The molecule has 198 valence electrons. The van der Waals surface area contributed by atoms with Crippen LogP contribution in [-0.4, -0.2) is 42.8 Å². The highest BCUT2D eigenvalue weighted by Gasteiger charge is 2.25. The third-order valence-electron chi connectivity index (χ3n) is 5.29. The van der Waals surface area contributed by atoms with Crippen LogP contribution in [0.25, 0.3) is 0 Å². The van der Waals surface area contributed by atoms with E-state index in [0.717, 1.165) is 5.56 Å². The van der Waals surface area contributed by atoms with Crippen molar-refractivity contribution in [2.45, 2.75) is 32.4 Å². The number of nitrogens with one attached hydrogen (secondary N) is 2. The molecule has 10 heteroatoms. The summed E-state index contributed by atoms with van der Waals surface area (Å²) >= 11 is 12.1. The zero-order chi connectivity index (χ0) is 27.5. The quantitative estimate of drug-likeness (QED) is 0.200. The highest BCUT2D eigenvalue weighted by atomic mass is 35.5. The number of rotatable bonds is 11. The summed E-state index contributed by atoms with van der Waals surface area (Å²) in [5.41, 5.74) is 4.38. The molecule has 3 aromatic rings. The molecule has 2 N–H and O–H groups in total. The van der Waals surface area contributed by atoms with E-state index in [1.54, 1.807) is 50.2 Å². The van der Waals surface area contributed by atoms with E-state index in [1.165, 1.54) is 12.3 Å². The molecule has 0 bridgehead atoms. The molecule has 0 fully saturated rings. The Kier molecular flexibility index (Phi) is 10.7. The molecular weight excluding hydrogens is 529 g/mol. The fourth-order valence-corrected chi connectivity index (χ4v) is 3.78. The zero-order valence-corrected chi connectivity index (χ0v) is 22.3. The number of halogens is 2. The number of hydrazone groups is 1. The van der Waals surface area contributed by atoms with Crippen molar-refractivity contribution in [3.63, 3.8) is 0 Å². The van der Waals surface area contributed by atoms with Crippen LogP contribution in [-0.2, 0) is 20.7 Å². The van der Waals surface area contributed by atoms with Crippen LogP contribution >= 0.6 is 23.2 Å². The second-order valence-electron chi connectivity index (χ2n) is 8.16. The summed E-state index contributed by atoms with van der Waals surface area (Å²) in [6.07, 6.45) is 0.722. The van der Waals surface area contributed by atoms with Gasteiger partial charge in [0, 0.05) is 11.4 Å². The number of nitrogens with zero attached hydrogens (tertiary/aromatic N) is 1. The van der Waals surface area contributed by atoms with Gasteiger partial charge in [0.25, 0.3) is 11.8 Å². The standard InChI is InChI=1S/C28H27Cl2N3O5/c1-3-37-28(36)21-11-9-20(10-12-21)17-31-33-27(35)24(15-19-7-5-4-6-8-19)32-26(34)18(2)38-25-14-13-22(29)16-23(25)30/h4-14,16-18,24H,3,15H2,1-2H3,(H,32,34)(H,33,35)/b31-17-/t18-,24-/m1/s1. The Balaban J connectivity index is 1.66. The summed E-state index contributed by atoms with van der Waals surface area (Å²) in [5.74, 6) is -1.15. The Morgan fingerprint density at radius 3 is 2.34 bits per heavy atom. The maximum Gasteiger partial charge on any atom is 0.338 e. The summed E-state index contributed by atoms with van der Waals surface area (Å²) in [7, 11) is 0. The number of carbonyl (C=O) groups excluding carboxylic acids is 3. The number of ether oxygens (including phenoxy) is 2. The van der Waals surface area contributed by atoms with Crippen LogP contribution in [0, 0.1) is 0 Å². The van der Waals surface area contributed by atoms with Crippen molar-refractivity contribution in [1.29, 1.82) is 0 Å². The van der Waals surface area contributed by atoms with Crippen molar-refractivity contribution in [2.24, 2.45) is 5.10 Å². The van der Waals surface area contributed by atoms with Gasteiger partial charge >= 0.3 is 5.97 Å². The first-order valence-electron chi connectivity index (χ1n) is 11.8. The molecule has 3 rings (SSSR count). The first-order valence-corrected chi connectivity index (χ1v) is 12.6. The Bertz CT molecular complexity index is 1280. The van der Waals surface area contributed by atoms with E-state index in [9.17, 15) is 14.4 Å². The molecule has 2 atom stereocenters. The van der Waals surface area contributed by atoms with E-state index in [4.69, 9.17) is 32.7 Å². The molecule has 0 saturated heterocycles. The maximum absolute atomic E-state index is 13.0. The van der Waals surface area contributed by atoms with Gasteiger partial charge in [-0.15, -0.1) is 0 Å². The van der Waals surface area contributed by atoms with Gasteiger partial charge in [-0.25, -0.2) is 10.2 Å². The molecule has 3 aromatic carbocycles. The third-order valence-corrected chi connectivity index (χ3v) is 5.82. The van der Waals surface area contributed by atoms with Gasteiger partial charge in [0.05, 0.1) is 23.4 Å². The highest BCUT2D eigenvalue weighted by Crippen LogP contribution is 2.28. The maximum atomic E-state index is 13.0. The molecule has 38 heavy (non-hydrogen) atoms. The average Bonchev–Trinajstić information content (AvgIpc) is 2.90. The topological polar surface area (TPSA) is 106 Å². The number of hydrogen-bond acceptors (Lipinski definition) is 6. The number of carbonyl (C=O) groups is 3. The lowest BCUT2D eigenvalue weighted by Crippen LogP contribution is -2.50. The Morgan fingerprint density at radius 2 is 1.68 bits per heavy atom. The third kappa shape index (κ3) is 8.61. The zero-order valence-electron chi connectivity index (χ0n) is 20.8. The summed E-state index contributed by atoms with van der Waals surface area (Å²) < 4.78 is 10.6. The van der Waals surface area contributed by atoms with Crippen LogP contribution in [0.15, 0.2) is 77.9 Å². The number of esters is 1. The second kappa shape index (κ2) is 14.2. The molecule has 2 amide bonds. The van der Waals surface area contributed by atoms with Gasteiger partial charge in [0.15, 0.2) is 6.10 Å². The molecule has 0 radical (unpaired) electrons. The Hall–Kier alpha value is -3.88. The van der Waals surface area contributed by atoms with Gasteiger partial charge in [-0.05, 0) is 55.3 Å². The van der Waals surface area contributed by atoms with Crippen LogP contribution in [0.3, 0.4) is 0 Å². The van der Waals surface area contributed by atoms with E-state index in [1.807, 2.05) is 30.3 Å². The van der Waals surface area contributed by atoms with Crippen LogP contribution in [0.5, 0.6) is 5.75 Å². The van der Waals surface area contributed by atoms with Gasteiger partial charge < -0.3 is 14.8 Å². The Labute approximate surface area is 230 Å². The molecule has 0 unspecified atom stereocenters. The van der Waals surface area contributed by atoms with Crippen molar-refractivity contribution in [3.8, 4) is 5.75 Å². The molecular formula is C28H27Cl2N3O5. The lowest BCUT2D eigenvalue weighted by atomic mass is 10.1. The molecule has 0 aliphatic rings. The second-order valence-corrected chi connectivity index (χ2v) is 9.01. The van der Waals surface area contributed by atoms with E-state index >= 15 is 0 Å². The molecule has 0 spiro atoms. The van der Waals surface area contributed by atoms with Crippen LogP contribution < -0.4 is 15.5 Å². The van der Waals surface area contributed by atoms with Gasteiger partial charge in [-0.2, -0.15) is 5.10 Å². The van der Waals surface area contributed by atoms with Crippen molar-refractivity contribution in [3.05, 3.63) is 99.5 Å². The van der Waals surface area contributed by atoms with Gasteiger partial charge in [-0.1, -0.05) is 65.7 Å². The molecule has 0 aliphatic heterocycles. The van der Waals surface area contributed by atoms with E-state index in [0.29, 0.717) is 21.9 Å². The monoisotopic (exact) mass is 555 g/mol. The first-order chi connectivity index (χ1) is 18.3.